The van der Waals surface area contributed by atoms with Crippen LogP contribution in [-0.2, 0) is 9.59 Å². The van der Waals surface area contributed by atoms with Crippen LogP contribution in [0, 0.1) is 0 Å². The number of hydrogen-bond donors (Lipinski definition) is 3. The lowest BCUT2D eigenvalue weighted by Crippen LogP contribution is -2.22. The van der Waals surface area contributed by atoms with Gasteiger partial charge < -0.3 is 10.5 Å². The van der Waals surface area contributed by atoms with Gasteiger partial charge in [0, 0.05) is 0 Å². The molecule has 0 saturated carbocycles. The molecule has 0 fully saturated rings. The molecule has 0 aliphatic rings. The predicted molar refractivity (Wildman–Crippen MR) is 158 cm³/mol. The van der Waals surface area contributed by atoms with Crippen molar-refractivity contribution < 1.29 is 14.7 Å². The minimum Gasteiger partial charge on any atom is -0.477 e. The average Bonchev–Trinajstić information content (AvgIpc) is 2.83. The van der Waals surface area contributed by atoms with Crippen LogP contribution in [0.1, 0.15) is 0 Å². The number of nitrogens with zero attached hydrogens (tertiary/aromatic N) is 2. The largest absolute Gasteiger partial charge is 0.477 e. The normalized spacial score (nSPS) is 10.7. The molecule has 0 aliphatic heterocycles. The van der Waals surface area contributed by atoms with Gasteiger partial charge in [-0.3, -0.25) is 15.4 Å². The van der Waals surface area contributed by atoms with Gasteiger partial charge in [0.05, 0.1) is 40.9 Å². The molecule has 4 N–H and O–H groups in total. The number of aliphatic carboxylic acids is 1. The lowest BCUT2D eigenvalue weighted by molar-refractivity contribution is -0.131. The number of carboxylic acids is 1. The van der Waals surface area contributed by atoms with Crippen molar-refractivity contribution in [1.82, 2.24) is 9.78 Å². The summed E-state index contributed by atoms with van der Waals surface area (Å²) in [5, 5.41) is 13.9. The van der Waals surface area contributed by atoms with Crippen molar-refractivity contribution in [2.75, 3.05) is 5.43 Å². The molecular weight excluding hydrogens is 822 g/mol. The van der Waals surface area contributed by atoms with Gasteiger partial charge in [0.25, 0.3) is 5.56 Å². The fourth-order valence-electron chi connectivity index (χ4n) is 2.05. The Kier molecular flexibility index (Phi) is 14.8. The van der Waals surface area contributed by atoms with E-state index in [-0.39, 0.29) is 14.5 Å². The zero-order valence-corrected chi connectivity index (χ0v) is 26.7. The number of nitrogens with two attached hydrogens (primary N) is 1. The molecule has 0 atom stereocenters. The quantitative estimate of drug-likeness (QED) is 0.107. The van der Waals surface area contributed by atoms with E-state index < -0.39 is 5.97 Å². The lowest BCUT2D eigenvalue weighted by Gasteiger charge is -2.09. The van der Waals surface area contributed by atoms with Crippen molar-refractivity contribution >= 4 is 128 Å². The number of para-hydroxylation sites is 2. The number of nitrogen functional groups attached to an aromatic ring is 1. The van der Waals surface area contributed by atoms with Crippen LogP contribution >= 0.6 is 110 Å². The van der Waals surface area contributed by atoms with Crippen molar-refractivity contribution in [2.45, 2.75) is 0 Å². The number of hydrogen-bond acceptors (Lipinski definition) is 6. The molecule has 3 aromatic rings. The Morgan fingerprint density at radius 3 is 1.83 bits per heavy atom. The maximum Gasteiger partial charge on any atom is 0.344 e. The second-order valence-corrected chi connectivity index (χ2v) is 10.8. The van der Waals surface area contributed by atoms with E-state index in [4.69, 9.17) is 57.4 Å². The van der Waals surface area contributed by atoms with E-state index in [2.05, 4.69) is 74.2 Å². The highest BCUT2D eigenvalue weighted by atomic mass is 79.9. The van der Waals surface area contributed by atoms with Crippen molar-refractivity contribution in [1.29, 1.82) is 0 Å². The molecule has 192 valence electrons. The predicted octanol–water partition coefficient (Wildman–Crippen LogP) is 7.61. The zero-order valence-electron chi connectivity index (χ0n) is 17.3. The van der Waals surface area contributed by atoms with E-state index in [9.17, 15) is 14.4 Å². The number of carbonyl (C=O) groups is 2. The maximum absolute atomic E-state index is 12.0. The third-order valence-corrected chi connectivity index (χ3v) is 8.66. The molecule has 1 aromatic heterocycles. The number of benzene rings is 2. The molecule has 0 aliphatic carbocycles. The molecule has 1 heterocycles. The third kappa shape index (κ3) is 9.41. The molecule has 36 heavy (non-hydrogen) atoms. The first-order valence-corrected chi connectivity index (χ1v) is 13.6. The molecule has 0 amide bonds. The first kappa shape index (κ1) is 33.1. The average molecular weight is 834 g/mol. The highest BCUT2D eigenvalue weighted by Gasteiger charge is 2.14. The van der Waals surface area contributed by atoms with Crippen LogP contribution in [0.25, 0.3) is 5.69 Å². The third-order valence-electron chi connectivity index (χ3n) is 3.63. The van der Waals surface area contributed by atoms with Crippen LogP contribution in [0.15, 0.2) is 65.3 Å². The van der Waals surface area contributed by atoms with Gasteiger partial charge in [0.1, 0.15) is 14.6 Å². The summed E-state index contributed by atoms with van der Waals surface area (Å²) in [5.41, 5.74) is 2.99. The summed E-state index contributed by atoms with van der Waals surface area (Å²) in [6.45, 7) is 0. The van der Waals surface area contributed by atoms with Gasteiger partial charge in [-0.2, -0.15) is 9.78 Å². The number of carbonyl (C=O) groups excluding carboxylic acids is 1. The van der Waals surface area contributed by atoms with Crippen LogP contribution < -0.4 is 16.8 Å². The number of rotatable bonds is 4. The highest BCUT2D eigenvalue weighted by Crippen LogP contribution is 2.29. The Hall–Kier alpha value is -0.960. The molecule has 0 spiro atoms. The van der Waals surface area contributed by atoms with E-state index in [1.54, 1.807) is 36.4 Å². The van der Waals surface area contributed by atoms with Gasteiger partial charge in [-0.05, 0) is 88.0 Å². The van der Waals surface area contributed by atoms with Gasteiger partial charge in [0.15, 0.2) is 6.29 Å². The SMILES string of the molecule is NNc1c(Cl)cccc1Cl.O=C/C(Br)=C(/Br)C(=O)O.O=c1c(Br)c(Br)cnn1-c1c(Cl)cccc1Cl. The first-order chi connectivity index (χ1) is 16.9. The summed E-state index contributed by atoms with van der Waals surface area (Å²) in [6.07, 6.45) is 1.89. The van der Waals surface area contributed by atoms with Gasteiger partial charge in [0.2, 0.25) is 0 Å². The number of aromatic nitrogens is 2. The highest BCUT2D eigenvalue weighted by molar-refractivity contribution is 9.14. The Morgan fingerprint density at radius 2 is 1.47 bits per heavy atom. The zero-order chi connectivity index (χ0) is 27.6. The summed E-state index contributed by atoms with van der Waals surface area (Å²) >= 11 is 35.2. The Morgan fingerprint density at radius 1 is 1.00 bits per heavy atom. The van der Waals surface area contributed by atoms with E-state index >= 15 is 0 Å². The summed E-state index contributed by atoms with van der Waals surface area (Å²) in [7, 11) is 0. The molecule has 3 rings (SSSR count). The maximum atomic E-state index is 12.0. The number of allylic oxidation sites excluding steroid dienone is 1. The van der Waals surface area contributed by atoms with Crippen LogP contribution in [-0.4, -0.2) is 27.1 Å². The van der Waals surface area contributed by atoms with Crippen molar-refractivity contribution in [2.24, 2.45) is 5.84 Å². The number of anilines is 1. The lowest BCUT2D eigenvalue weighted by atomic mass is 10.3. The first-order valence-electron chi connectivity index (χ1n) is 8.89. The molecule has 0 radical (unpaired) electrons. The minimum absolute atomic E-state index is 0.00463. The molecule has 0 saturated heterocycles. The van der Waals surface area contributed by atoms with Gasteiger partial charge in [-0.1, -0.05) is 58.5 Å². The number of aldehydes is 1. The van der Waals surface area contributed by atoms with Crippen molar-refractivity contribution in [3.63, 3.8) is 0 Å². The van der Waals surface area contributed by atoms with Gasteiger partial charge in [-0.25, -0.2) is 4.79 Å². The van der Waals surface area contributed by atoms with Gasteiger partial charge in [-0.15, -0.1) is 0 Å². The smallest absolute Gasteiger partial charge is 0.344 e. The fourth-order valence-corrected chi connectivity index (χ4v) is 3.91. The Balaban J connectivity index is 0.000000293. The monoisotopic (exact) mass is 828 g/mol. The van der Waals surface area contributed by atoms with E-state index in [1.165, 1.54) is 6.20 Å². The van der Waals surface area contributed by atoms with E-state index in [1.807, 2.05) is 0 Å². The summed E-state index contributed by atoms with van der Waals surface area (Å²) in [5.74, 6) is 3.96. The van der Waals surface area contributed by atoms with Gasteiger partial charge >= 0.3 is 5.97 Å². The Labute approximate surface area is 258 Å². The second kappa shape index (κ2) is 16.1. The molecule has 0 bridgehead atoms. The van der Waals surface area contributed by atoms with E-state index in [0.717, 1.165) is 4.68 Å². The number of nitrogens with one attached hydrogen (secondary N) is 1. The second-order valence-electron chi connectivity index (χ2n) is 5.92. The molecular formula is C20H12Br4Cl4N4O4. The standard InChI is InChI=1S/C10H4Br2Cl2N2O.C6H6Cl2N2.C4H2Br2O3/c11-5-4-15-16(10(17)8(5)12)9-6(13)2-1-3-7(9)14;7-4-2-1-3-5(8)6(4)10-9;5-2(1-7)3(6)4(8)9/h1-4H;1-3,10H,9H2;1H,(H,8,9)/b;;3-2-. The number of carboxylic acid groups (broad SMARTS) is 1. The summed E-state index contributed by atoms with van der Waals surface area (Å²) in [4.78, 5) is 31.9. The number of hydrazine groups is 1. The summed E-state index contributed by atoms with van der Waals surface area (Å²) < 4.78 is 1.91. The van der Waals surface area contributed by atoms with Crippen molar-refractivity contribution in [3.05, 3.63) is 90.9 Å². The molecule has 0 unspecified atom stereocenters. The van der Waals surface area contributed by atoms with Crippen LogP contribution in [0.5, 0.6) is 0 Å². The van der Waals surface area contributed by atoms with Crippen molar-refractivity contribution in [3.8, 4) is 5.69 Å². The molecule has 2 aromatic carbocycles. The van der Waals surface area contributed by atoms with Crippen LogP contribution in [0.3, 0.4) is 0 Å². The molecule has 16 heteroatoms. The van der Waals surface area contributed by atoms with E-state index in [0.29, 0.717) is 46.7 Å². The summed E-state index contributed by atoms with van der Waals surface area (Å²) in [6, 6.07) is 10.2. The molecule has 8 nitrogen and oxygen atoms in total. The Bertz CT molecular complexity index is 1320. The minimum atomic E-state index is -1.17. The number of halogens is 8. The topological polar surface area (TPSA) is 127 Å². The van der Waals surface area contributed by atoms with Crippen LogP contribution in [0.4, 0.5) is 5.69 Å². The fraction of sp³-hybridized carbons (Fsp3) is 0. The van der Waals surface area contributed by atoms with Crippen LogP contribution in [0.2, 0.25) is 20.1 Å².